The summed E-state index contributed by atoms with van der Waals surface area (Å²) >= 11 is 6.69. The highest BCUT2D eigenvalue weighted by Crippen LogP contribution is 2.50. The van der Waals surface area contributed by atoms with E-state index in [9.17, 15) is 25.2 Å². The molecule has 3 aromatic rings. The van der Waals surface area contributed by atoms with E-state index in [1.807, 2.05) is 24.5 Å². The first-order valence-corrected chi connectivity index (χ1v) is 17.6. The zero-order valence-corrected chi connectivity index (χ0v) is 28.6. The molecule has 11 nitrogen and oxygen atoms in total. The second-order valence-electron chi connectivity index (χ2n) is 13.4. The Morgan fingerprint density at radius 1 is 1.00 bits per heavy atom. The van der Waals surface area contributed by atoms with Crippen LogP contribution in [0.2, 0.25) is 5.02 Å². The highest BCUT2D eigenvalue weighted by molar-refractivity contribution is 6.31. The van der Waals surface area contributed by atoms with Gasteiger partial charge in [0.05, 0.1) is 18.8 Å². The second kappa shape index (κ2) is 17.1. The molecule has 12 heteroatoms. The van der Waals surface area contributed by atoms with Gasteiger partial charge in [0.15, 0.2) is 0 Å². The van der Waals surface area contributed by atoms with Crippen LogP contribution in [0.4, 0.5) is 4.79 Å². The van der Waals surface area contributed by atoms with E-state index in [1.165, 1.54) is 11.1 Å². The third-order valence-corrected chi connectivity index (χ3v) is 9.85. The van der Waals surface area contributed by atoms with Gasteiger partial charge in [-0.15, -0.1) is 0 Å². The molecule has 2 aromatic carbocycles. The smallest absolute Gasteiger partial charge is 0.314 e. The Kier molecular flexibility index (Phi) is 12.9. The van der Waals surface area contributed by atoms with E-state index in [2.05, 4.69) is 64.3 Å². The number of halogens is 1. The lowest BCUT2D eigenvalue weighted by Gasteiger charge is -2.25. The van der Waals surface area contributed by atoms with Crippen molar-refractivity contribution in [1.29, 1.82) is 0 Å². The Hall–Kier alpha value is -3.29. The van der Waals surface area contributed by atoms with Crippen LogP contribution in [0, 0.1) is 0 Å². The second-order valence-corrected chi connectivity index (χ2v) is 13.8. The summed E-state index contributed by atoms with van der Waals surface area (Å²) < 4.78 is 6.26. The van der Waals surface area contributed by atoms with Crippen LogP contribution < -0.4 is 20.7 Å². The normalized spacial score (nSPS) is 18.2. The standard InChI is InChI=1S/C37H49ClN4O7/c1-23(6-4-5-16-40-36(48)41-21-31(44)34(46)35(47)32(45)22-43)24-9-12-30(38)25(18-24)19-42-37(14-15-37)29-20-39-17-13-27(29)28-7-2-3-8-33(28)49-26-10-11-26/h2-3,7-9,12-13,17-18,20,23,26,31-32,34-35,42-47H,4-6,10-11,14-16,19,21-22H2,1H3,(H2,40,41,48)/t23?,31-,32+,34+,35+/m0/s1. The van der Waals surface area contributed by atoms with E-state index < -0.39 is 37.1 Å². The fourth-order valence-corrected chi connectivity index (χ4v) is 6.21. The number of aliphatic hydroxyl groups is 5. The Labute approximate surface area is 292 Å². The highest BCUT2D eigenvalue weighted by atomic mass is 35.5. The molecule has 0 spiro atoms. The molecule has 2 saturated carbocycles. The molecule has 1 aromatic heterocycles. The average molecular weight is 697 g/mol. The van der Waals surface area contributed by atoms with Crippen molar-refractivity contribution in [1.82, 2.24) is 20.9 Å². The molecule has 0 radical (unpaired) electrons. The molecule has 8 N–H and O–H groups in total. The van der Waals surface area contributed by atoms with Gasteiger partial charge in [-0.1, -0.05) is 55.3 Å². The van der Waals surface area contributed by atoms with Crippen LogP contribution in [0.3, 0.4) is 0 Å². The third-order valence-electron chi connectivity index (χ3n) is 9.48. The van der Waals surface area contributed by atoms with Gasteiger partial charge in [-0.3, -0.25) is 4.98 Å². The number of hydrogen-bond donors (Lipinski definition) is 8. The molecule has 49 heavy (non-hydrogen) atoms. The molecule has 1 heterocycles. The van der Waals surface area contributed by atoms with Gasteiger partial charge in [-0.05, 0) is 84.9 Å². The van der Waals surface area contributed by atoms with Crippen molar-refractivity contribution in [3.05, 3.63) is 82.6 Å². The van der Waals surface area contributed by atoms with Crippen LogP contribution in [0.15, 0.2) is 60.9 Å². The van der Waals surface area contributed by atoms with Gasteiger partial charge in [0.2, 0.25) is 0 Å². The van der Waals surface area contributed by atoms with Gasteiger partial charge in [0, 0.05) is 48.2 Å². The van der Waals surface area contributed by atoms with Crippen molar-refractivity contribution in [2.75, 3.05) is 19.7 Å². The summed E-state index contributed by atoms with van der Waals surface area (Å²) in [6.45, 7) is 2.13. The van der Waals surface area contributed by atoms with Crippen LogP contribution in [-0.2, 0) is 12.1 Å². The number of unbranched alkanes of at least 4 members (excludes halogenated alkanes) is 1. The number of ether oxygens (including phenoxy) is 1. The lowest BCUT2D eigenvalue weighted by atomic mass is 9.93. The van der Waals surface area contributed by atoms with Crippen LogP contribution >= 0.6 is 11.6 Å². The van der Waals surface area contributed by atoms with E-state index in [-0.39, 0.29) is 18.0 Å². The molecule has 0 saturated heterocycles. The Balaban J connectivity index is 1.09. The number of nitrogens with one attached hydrogen (secondary N) is 3. The van der Waals surface area contributed by atoms with Crippen LogP contribution in [0.1, 0.15) is 74.5 Å². The van der Waals surface area contributed by atoms with Crippen molar-refractivity contribution in [3.8, 4) is 16.9 Å². The number of aromatic nitrogens is 1. The van der Waals surface area contributed by atoms with Crippen molar-refractivity contribution in [2.45, 2.75) is 100 Å². The maximum absolute atomic E-state index is 12.1. The minimum atomic E-state index is -1.74. The number of hydrogen-bond acceptors (Lipinski definition) is 9. The molecule has 2 aliphatic carbocycles. The van der Waals surface area contributed by atoms with E-state index in [4.69, 9.17) is 21.4 Å². The molecule has 5 atom stereocenters. The van der Waals surface area contributed by atoms with E-state index in [0.29, 0.717) is 19.2 Å². The predicted molar refractivity (Wildman–Crippen MR) is 187 cm³/mol. The lowest BCUT2D eigenvalue weighted by Crippen LogP contribution is -2.50. The monoisotopic (exact) mass is 696 g/mol. The third kappa shape index (κ3) is 9.91. The lowest BCUT2D eigenvalue weighted by molar-refractivity contribution is -0.113. The van der Waals surface area contributed by atoms with Crippen molar-refractivity contribution >= 4 is 17.6 Å². The first kappa shape index (κ1) is 37.0. The quantitative estimate of drug-likeness (QED) is 0.0869. The Bertz CT molecular complexity index is 1540. The van der Waals surface area contributed by atoms with E-state index in [1.54, 1.807) is 0 Å². The van der Waals surface area contributed by atoms with Gasteiger partial charge in [-0.25, -0.2) is 4.79 Å². The number of pyridine rings is 1. The molecule has 0 bridgehead atoms. The summed E-state index contributed by atoms with van der Waals surface area (Å²) in [4.78, 5) is 16.6. The molecular weight excluding hydrogens is 648 g/mol. The van der Waals surface area contributed by atoms with Crippen molar-refractivity contribution in [3.63, 3.8) is 0 Å². The molecule has 1 unspecified atom stereocenters. The molecule has 5 rings (SSSR count). The number of amides is 2. The highest BCUT2D eigenvalue weighted by Gasteiger charge is 2.46. The van der Waals surface area contributed by atoms with Gasteiger partial charge in [0.25, 0.3) is 0 Å². The predicted octanol–water partition coefficient (Wildman–Crippen LogP) is 3.73. The number of carbonyl (C=O) groups is 1. The maximum Gasteiger partial charge on any atom is 0.314 e. The number of urea groups is 1. The first-order valence-electron chi connectivity index (χ1n) is 17.2. The van der Waals surface area contributed by atoms with Crippen LogP contribution in [0.25, 0.3) is 11.1 Å². The Morgan fingerprint density at radius 2 is 1.76 bits per heavy atom. The topological polar surface area (TPSA) is 176 Å². The largest absolute Gasteiger partial charge is 0.490 e. The van der Waals surface area contributed by atoms with Gasteiger partial charge in [0.1, 0.15) is 24.1 Å². The van der Waals surface area contributed by atoms with Gasteiger partial charge >= 0.3 is 6.03 Å². The molecule has 2 aliphatic rings. The summed E-state index contributed by atoms with van der Waals surface area (Å²) in [6, 6.07) is 16.0. The number of rotatable bonds is 19. The summed E-state index contributed by atoms with van der Waals surface area (Å²) in [5.41, 5.74) is 5.48. The summed E-state index contributed by atoms with van der Waals surface area (Å²) in [5.74, 6) is 1.20. The fourth-order valence-electron chi connectivity index (χ4n) is 6.02. The van der Waals surface area contributed by atoms with Crippen molar-refractivity contribution in [2.24, 2.45) is 0 Å². The van der Waals surface area contributed by atoms with E-state index >= 15 is 0 Å². The number of benzene rings is 2. The summed E-state index contributed by atoms with van der Waals surface area (Å²) in [5, 5.41) is 57.5. The molecule has 2 amide bonds. The number of carbonyl (C=O) groups excluding carboxylic acids is 1. The van der Waals surface area contributed by atoms with Crippen molar-refractivity contribution < 1.29 is 35.1 Å². The van der Waals surface area contributed by atoms with E-state index in [0.717, 1.165) is 72.4 Å². The molecule has 266 valence electrons. The number of para-hydroxylation sites is 1. The summed E-state index contributed by atoms with van der Waals surface area (Å²) in [7, 11) is 0. The molecule has 0 aliphatic heterocycles. The summed E-state index contributed by atoms with van der Waals surface area (Å²) in [6.07, 6.45) is 4.33. The Morgan fingerprint density at radius 3 is 2.49 bits per heavy atom. The minimum Gasteiger partial charge on any atom is -0.490 e. The zero-order chi connectivity index (χ0) is 35.0. The average Bonchev–Trinajstić information content (AvgIpc) is 4.07. The number of nitrogens with zero attached hydrogens (tertiary/aromatic N) is 1. The minimum absolute atomic E-state index is 0.178. The molecule has 2 fully saturated rings. The zero-order valence-electron chi connectivity index (χ0n) is 27.9. The van der Waals surface area contributed by atoms with Gasteiger partial charge < -0.3 is 46.2 Å². The maximum atomic E-state index is 12.1. The van der Waals surface area contributed by atoms with Crippen LogP contribution in [-0.4, -0.2) is 86.8 Å². The number of aliphatic hydroxyl groups excluding tert-OH is 5. The van der Waals surface area contributed by atoms with Gasteiger partial charge in [-0.2, -0.15) is 0 Å². The van der Waals surface area contributed by atoms with Crippen LogP contribution in [0.5, 0.6) is 5.75 Å². The first-order chi connectivity index (χ1) is 23.6. The molecular formula is C37H49ClN4O7. The SMILES string of the molecule is CC(CCCCNC(=O)NC[C@H](O)[C@@H](O)[C@H](O)[C@H](O)CO)c1ccc(Cl)c(CNC2(c3cnccc3-c3ccccc3OC3CC3)CC2)c1. The fraction of sp³-hybridized carbons (Fsp3) is 0.514.